The normalized spacial score (nSPS) is 12.8. The summed E-state index contributed by atoms with van der Waals surface area (Å²) in [5, 5.41) is 6.86. The van der Waals surface area contributed by atoms with Crippen molar-refractivity contribution < 1.29 is 13.9 Å². The third-order valence-electron chi connectivity index (χ3n) is 4.44. The Morgan fingerprint density at radius 3 is 2.96 bits per heavy atom. The zero-order valence-corrected chi connectivity index (χ0v) is 14.0. The Kier molecular flexibility index (Phi) is 3.80. The lowest BCUT2D eigenvalue weighted by Gasteiger charge is -2.22. The van der Waals surface area contributed by atoms with Gasteiger partial charge in [-0.2, -0.15) is 0 Å². The highest BCUT2D eigenvalue weighted by atomic mass is 19.1. The Bertz CT molecular complexity index is 1040. The van der Waals surface area contributed by atoms with Crippen LogP contribution in [0.25, 0.3) is 21.9 Å². The minimum absolute atomic E-state index is 0.00369. The smallest absolute Gasteiger partial charge is 0.237 e. The molecule has 7 nitrogen and oxygen atoms in total. The number of hydrogen-bond donors (Lipinski definition) is 3. The average molecular weight is 353 g/mol. The lowest BCUT2D eigenvalue weighted by Crippen LogP contribution is -2.20. The summed E-state index contributed by atoms with van der Waals surface area (Å²) >= 11 is 0. The largest absolute Gasteiger partial charge is 0.474 e. The van der Waals surface area contributed by atoms with Crippen molar-refractivity contribution in [3.63, 3.8) is 0 Å². The number of fused-ring (bicyclic) bond motifs is 2. The highest BCUT2D eigenvalue weighted by molar-refractivity contribution is 5.99. The molecule has 4 N–H and O–H groups in total. The van der Waals surface area contributed by atoms with Gasteiger partial charge in [-0.3, -0.25) is 4.79 Å². The van der Waals surface area contributed by atoms with Gasteiger partial charge in [-0.15, -0.1) is 0 Å². The molecule has 1 aliphatic heterocycles. The van der Waals surface area contributed by atoms with Gasteiger partial charge in [0.1, 0.15) is 18.1 Å². The maximum absolute atomic E-state index is 15.0. The second kappa shape index (κ2) is 6.14. The Morgan fingerprint density at radius 2 is 2.15 bits per heavy atom. The molecule has 0 fully saturated rings. The van der Waals surface area contributed by atoms with Gasteiger partial charge in [0.25, 0.3) is 0 Å². The fraction of sp³-hybridized carbons (Fsp3) is 0.167. The summed E-state index contributed by atoms with van der Waals surface area (Å²) < 4.78 is 20.5. The molecule has 0 spiro atoms. The highest BCUT2D eigenvalue weighted by Crippen LogP contribution is 2.39. The second-order valence-electron chi connectivity index (χ2n) is 5.96. The number of benzene rings is 1. The van der Waals surface area contributed by atoms with E-state index in [0.29, 0.717) is 53.2 Å². The minimum Gasteiger partial charge on any atom is -0.474 e. The number of pyridine rings is 2. The van der Waals surface area contributed by atoms with E-state index in [1.54, 1.807) is 18.3 Å². The summed E-state index contributed by atoms with van der Waals surface area (Å²) in [4.78, 5) is 19.0. The first-order chi connectivity index (χ1) is 12.6. The summed E-state index contributed by atoms with van der Waals surface area (Å²) in [6.07, 6.45) is 3.55. The van der Waals surface area contributed by atoms with E-state index in [0.717, 1.165) is 11.3 Å². The van der Waals surface area contributed by atoms with Crippen LogP contribution in [0.3, 0.4) is 0 Å². The number of ether oxygens (including phenoxy) is 1. The zero-order valence-electron chi connectivity index (χ0n) is 14.0. The molecule has 3 heterocycles. The first-order valence-corrected chi connectivity index (χ1v) is 8.04. The predicted molar refractivity (Wildman–Crippen MR) is 97.8 cm³/mol. The van der Waals surface area contributed by atoms with Crippen molar-refractivity contribution in [1.82, 2.24) is 9.97 Å². The van der Waals surface area contributed by atoms with Crippen molar-refractivity contribution in [3.05, 3.63) is 35.9 Å². The van der Waals surface area contributed by atoms with E-state index in [1.165, 1.54) is 6.20 Å². The zero-order chi connectivity index (χ0) is 18.3. The Morgan fingerprint density at radius 1 is 1.31 bits per heavy atom. The van der Waals surface area contributed by atoms with Crippen LogP contribution in [0.1, 0.15) is 5.56 Å². The average Bonchev–Trinajstić information content (AvgIpc) is 2.66. The number of nitrogen functional groups attached to an aromatic ring is 1. The maximum atomic E-state index is 15.0. The van der Waals surface area contributed by atoms with Gasteiger partial charge >= 0.3 is 0 Å². The first kappa shape index (κ1) is 16.1. The molecule has 0 saturated heterocycles. The van der Waals surface area contributed by atoms with Crippen molar-refractivity contribution in [2.24, 2.45) is 0 Å². The number of nitrogens with zero attached hydrogens (tertiary/aromatic N) is 2. The van der Waals surface area contributed by atoms with E-state index in [-0.39, 0.29) is 5.69 Å². The molecule has 1 aliphatic rings. The molecule has 0 radical (unpaired) electrons. The number of rotatable bonds is 3. The van der Waals surface area contributed by atoms with Crippen LogP contribution in [0, 0.1) is 12.7 Å². The Balaban J connectivity index is 1.93. The Labute approximate surface area is 148 Å². The molecular formula is C18H16FN5O2. The number of hydrogen-bond acceptors (Lipinski definition) is 6. The van der Waals surface area contributed by atoms with E-state index >= 15 is 0 Å². The number of carbonyl (C=O) groups excluding carboxylic acids is 1. The number of anilines is 3. The van der Waals surface area contributed by atoms with Crippen LogP contribution < -0.4 is 21.1 Å². The van der Waals surface area contributed by atoms with Gasteiger partial charge in [0.05, 0.1) is 5.69 Å². The van der Waals surface area contributed by atoms with Crippen LogP contribution in [0.15, 0.2) is 24.5 Å². The van der Waals surface area contributed by atoms with Gasteiger partial charge in [-0.1, -0.05) is 0 Å². The summed E-state index contributed by atoms with van der Waals surface area (Å²) in [5.41, 5.74) is 8.54. The van der Waals surface area contributed by atoms with E-state index in [9.17, 15) is 9.18 Å². The van der Waals surface area contributed by atoms with Crippen LogP contribution in [-0.2, 0) is 4.79 Å². The maximum Gasteiger partial charge on any atom is 0.237 e. The van der Waals surface area contributed by atoms with Gasteiger partial charge in [-0.25, -0.2) is 14.4 Å². The molecule has 1 aromatic carbocycles. The van der Waals surface area contributed by atoms with E-state index < -0.39 is 5.82 Å². The summed E-state index contributed by atoms with van der Waals surface area (Å²) in [6.45, 7) is 3.08. The number of nitrogens with two attached hydrogens (primary N) is 1. The van der Waals surface area contributed by atoms with Gasteiger partial charge in [0, 0.05) is 35.5 Å². The third kappa shape index (κ3) is 2.46. The summed E-state index contributed by atoms with van der Waals surface area (Å²) in [7, 11) is 0. The molecule has 0 aliphatic carbocycles. The standard InChI is InChI=1S/C18H16FN5O2/c1-9-12(6-23-18-17(9)21-2-3-26-18)11-4-10-5-14(24-8-25)22-7-13(10)16(20)15(11)19/h4-8,21H,2-3,20H2,1H3,(H,22,24,25). The summed E-state index contributed by atoms with van der Waals surface area (Å²) in [5.74, 6) is 0.338. The second-order valence-corrected chi connectivity index (χ2v) is 5.96. The highest BCUT2D eigenvalue weighted by Gasteiger charge is 2.20. The molecular weight excluding hydrogens is 337 g/mol. The van der Waals surface area contributed by atoms with Crippen LogP contribution in [0.4, 0.5) is 21.6 Å². The lowest BCUT2D eigenvalue weighted by atomic mass is 9.97. The van der Waals surface area contributed by atoms with Crippen molar-refractivity contribution in [3.8, 4) is 17.0 Å². The van der Waals surface area contributed by atoms with Crippen molar-refractivity contribution >= 4 is 34.4 Å². The number of nitrogens with one attached hydrogen (secondary N) is 2. The van der Waals surface area contributed by atoms with E-state index in [4.69, 9.17) is 10.5 Å². The van der Waals surface area contributed by atoms with Crippen molar-refractivity contribution in [2.45, 2.75) is 6.92 Å². The van der Waals surface area contributed by atoms with E-state index in [2.05, 4.69) is 20.6 Å². The topological polar surface area (TPSA) is 102 Å². The third-order valence-corrected chi connectivity index (χ3v) is 4.44. The fourth-order valence-electron chi connectivity index (χ4n) is 3.13. The van der Waals surface area contributed by atoms with Crippen LogP contribution in [0.2, 0.25) is 0 Å². The lowest BCUT2D eigenvalue weighted by molar-refractivity contribution is -0.105. The number of amides is 1. The Hall–Kier alpha value is -3.42. The molecule has 0 atom stereocenters. The van der Waals surface area contributed by atoms with Gasteiger partial charge in [0.2, 0.25) is 12.3 Å². The monoisotopic (exact) mass is 353 g/mol. The summed E-state index contributed by atoms with van der Waals surface area (Å²) in [6, 6.07) is 3.32. The number of carbonyl (C=O) groups is 1. The van der Waals surface area contributed by atoms with Crippen molar-refractivity contribution in [2.75, 3.05) is 29.5 Å². The van der Waals surface area contributed by atoms with Crippen LogP contribution in [-0.4, -0.2) is 29.5 Å². The van der Waals surface area contributed by atoms with Crippen LogP contribution >= 0.6 is 0 Å². The molecule has 2 aromatic heterocycles. The minimum atomic E-state index is -0.531. The van der Waals surface area contributed by atoms with Gasteiger partial charge in [-0.05, 0) is 30.0 Å². The predicted octanol–water partition coefficient (Wildman–Crippen LogP) is 2.70. The molecule has 4 rings (SSSR count). The molecule has 0 unspecified atom stereocenters. The fourth-order valence-corrected chi connectivity index (χ4v) is 3.13. The molecule has 3 aromatic rings. The van der Waals surface area contributed by atoms with Crippen molar-refractivity contribution in [1.29, 1.82) is 0 Å². The van der Waals surface area contributed by atoms with Crippen LogP contribution in [0.5, 0.6) is 5.88 Å². The molecule has 26 heavy (non-hydrogen) atoms. The number of halogens is 1. The molecule has 1 amide bonds. The first-order valence-electron chi connectivity index (χ1n) is 8.04. The van der Waals surface area contributed by atoms with Gasteiger partial charge in [0.15, 0.2) is 5.82 Å². The molecule has 132 valence electrons. The quantitative estimate of drug-likeness (QED) is 0.494. The van der Waals surface area contributed by atoms with E-state index in [1.807, 2.05) is 6.92 Å². The van der Waals surface area contributed by atoms with Gasteiger partial charge < -0.3 is 21.1 Å². The number of aromatic nitrogens is 2. The molecule has 0 saturated carbocycles. The molecule has 8 heteroatoms. The SMILES string of the molecule is Cc1c(-c2cc3cc(NC=O)ncc3c(N)c2F)cnc2c1NCCO2. The molecule has 0 bridgehead atoms.